The fraction of sp³-hybridized carbons (Fsp3) is 0.200. The summed E-state index contributed by atoms with van der Waals surface area (Å²) < 4.78 is 43.0. The van der Waals surface area contributed by atoms with Crippen LogP contribution in [0.3, 0.4) is 0 Å². The third kappa shape index (κ3) is 4.32. The van der Waals surface area contributed by atoms with E-state index in [4.69, 9.17) is 11.6 Å². The van der Waals surface area contributed by atoms with E-state index in [1.54, 1.807) is 48.5 Å². The monoisotopic (exact) mass is 498 g/mol. The van der Waals surface area contributed by atoms with Gasteiger partial charge in [0.25, 0.3) is 5.91 Å². The highest BCUT2D eigenvalue weighted by Crippen LogP contribution is 2.43. The minimum Gasteiger partial charge on any atom is -0.363 e. The molecule has 5 nitrogen and oxygen atoms in total. The number of hydrogen-bond acceptors (Lipinski definition) is 3. The number of anilines is 2. The second-order valence-electron chi connectivity index (χ2n) is 6.86. The number of carbonyl (C=O) groups excluding carboxylic acids is 1. The van der Waals surface area contributed by atoms with Crippen LogP contribution < -0.4 is 10.6 Å². The van der Waals surface area contributed by atoms with Gasteiger partial charge in [-0.25, -0.2) is 4.68 Å². The highest BCUT2D eigenvalue weighted by molar-refractivity contribution is 9.10. The number of benzene rings is 2. The predicted molar refractivity (Wildman–Crippen MR) is 112 cm³/mol. The molecule has 0 radical (unpaired) electrons. The van der Waals surface area contributed by atoms with Crippen LogP contribution in [0.1, 0.15) is 34.6 Å². The molecule has 3 aromatic rings. The van der Waals surface area contributed by atoms with Crippen molar-refractivity contribution >= 4 is 44.9 Å². The van der Waals surface area contributed by atoms with E-state index >= 15 is 0 Å². The maximum atomic E-state index is 13.8. The molecule has 1 amide bonds. The minimum absolute atomic E-state index is 0.113. The Bertz CT molecular complexity index is 1070. The van der Waals surface area contributed by atoms with Gasteiger partial charge in [0.05, 0.1) is 6.04 Å². The van der Waals surface area contributed by atoms with Gasteiger partial charge in [-0.05, 0) is 42.0 Å². The van der Waals surface area contributed by atoms with Gasteiger partial charge in [-0.2, -0.15) is 18.3 Å². The Hall–Kier alpha value is -2.52. The van der Waals surface area contributed by atoms with E-state index in [0.29, 0.717) is 16.3 Å². The van der Waals surface area contributed by atoms with Crippen molar-refractivity contribution in [1.29, 1.82) is 0 Å². The number of alkyl halides is 3. The van der Waals surface area contributed by atoms with Gasteiger partial charge < -0.3 is 10.6 Å². The molecule has 2 atom stereocenters. The van der Waals surface area contributed by atoms with E-state index in [1.165, 1.54) is 6.07 Å². The highest BCUT2D eigenvalue weighted by atomic mass is 79.9. The summed E-state index contributed by atoms with van der Waals surface area (Å²) in [4.78, 5) is 12.5. The predicted octanol–water partition coefficient (Wildman–Crippen LogP) is 6.21. The van der Waals surface area contributed by atoms with Gasteiger partial charge in [0, 0.05) is 27.7 Å². The molecule has 1 aliphatic heterocycles. The molecule has 30 heavy (non-hydrogen) atoms. The van der Waals surface area contributed by atoms with Crippen molar-refractivity contribution in [2.75, 3.05) is 10.6 Å². The van der Waals surface area contributed by atoms with E-state index < -0.39 is 24.2 Å². The molecule has 0 saturated heterocycles. The van der Waals surface area contributed by atoms with Crippen LogP contribution in [0, 0.1) is 0 Å². The van der Waals surface area contributed by atoms with Crippen molar-refractivity contribution in [2.45, 2.75) is 24.7 Å². The van der Waals surface area contributed by atoms with Gasteiger partial charge in [0.1, 0.15) is 5.82 Å². The topological polar surface area (TPSA) is 59.0 Å². The lowest BCUT2D eigenvalue weighted by atomic mass is 9.97. The van der Waals surface area contributed by atoms with Crippen molar-refractivity contribution in [2.24, 2.45) is 0 Å². The minimum atomic E-state index is -4.51. The fourth-order valence-electron chi connectivity index (χ4n) is 3.33. The molecule has 156 valence electrons. The summed E-state index contributed by atoms with van der Waals surface area (Å²) >= 11 is 9.14. The van der Waals surface area contributed by atoms with Crippen LogP contribution in [0.15, 0.2) is 59.1 Å². The lowest BCUT2D eigenvalue weighted by Crippen LogP contribution is -2.35. The first kappa shape index (κ1) is 20.7. The lowest BCUT2D eigenvalue weighted by Gasteiger charge is -2.33. The van der Waals surface area contributed by atoms with Crippen LogP contribution in [-0.4, -0.2) is 21.9 Å². The molecule has 2 N–H and O–H groups in total. The molecule has 0 aliphatic carbocycles. The number of halogens is 5. The first-order chi connectivity index (χ1) is 14.2. The average molecular weight is 500 g/mol. The number of nitrogens with zero attached hydrogens (tertiary/aromatic N) is 2. The van der Waals surface area contributed by atoms with Crippen molar-refractivity contribution in [3.8, 4) is 0 Å². The summed E-state index contributed by atoms with van der Waals surface area (Å²) in [5, 5.41) is 10.1. The number of carbonyl (C=O) groups is 1. The zero-order chi connectivity index (χ0) is 21.5. The lowest BCUT2D eigenvalue weighted by molar-refractivity contribution is -0.173. The van der Waals surface area contributed by atoms with Crippen LogP contribution >= 0.6 is 27.5 Å². The van der Waals surface area contributed by atoms with Gasteiger partial charge in [0.2, 0.25) is 0 Å². The Kier molecular flexibility index (Phi) is 5.50. The smallest absolute Gasteiger partial charge is 0.363 e. The highest BCUT2D eigenvalue weighted by Gasteiger charge is 2.46. The summed E-state index contributed by atoms with van der Waals surface area (Å²) in [7, 11) is 0. The Labute approximate surface area is 183 Å². The third-order valence-corrected chi connectivity index (χ3v) is 5.58. The van der Waals surface area contributed by atoms with Gasteiger partial charge in [0.15, 0.2) is 11.7 Å². The average Bonchev–Trinajstić information content (AvgIpc) is 3.13. The van der Waals surface area contributed by atoms with Gasteiger partial charge in [-0.1, -0.05) is 39.7 Å². The van der Waals surface area contributed by atoms with E-state index in [-0.39, 0.29) is 17.9 Å². The maximum absolute atomic E-state index is 13.8. The molecule has 0 fully saturated rings. The van der Waals surface area contributed by atoms with Crippen LogP contribution in [-0.2, 0) is 0 Å². The Morgan fingerprint density at radius 3 is 2.47 bits per heavy atom. The third-order valence-electron chi connectivity index (χ3n) is 4.80. The summed E-state index contributed by atoms with van der Waals surface area (Å²) in [6.07, 6.45) is -4.75. The summed E-state index contributed by atoms with van der Waals surface area (Å²) in [5.74, 6) is -0.472. The standard InChI is InChI=1S/C20H15BrClF3N4O/c21-12-3-1-11(2-4-12)15-9-17(20(23,24)25)29-18(27-15)10-16(28-29)19(30)26-14-7-5-13(22)6-8-14/h1-8,10,15,17,27H,9H2,(H,26,30)/t15-,17+/m0/s1. The van der Waals surface area contributed by atoms with Crippen LogP contribution in [0.2, 0.25) is 5.02 Å². The zero-order valence-corrected chi connectivity index (χ0v) is 17.6. The molecular formula is C20H15BrClF3N4O. The summed E-state index contributed by atoms with van der Waals surface area (Å²) in [6.45, 7) is 0. The van der Waals surface area contributed by atoms with Crippen molar-refractivity contribution in [3.05, 3.63) is 75.4 Å². The number of aromatic nitrogens is 2. The maximum Gasteiger partial charge on any atom is 0.410 e. The van der Waals surface area contributed by atoms with Crippen molar-refractivity contribution in [3.63, 3.8) is 0 Å². The Morgan fingerprint density at radius 2 is 1.83 bits per heavy atom. The van der Waals surface area contributed by atoms with Crippen LogP contribution in [0.25, 0.3) is 0 Å². The molecule has 2 heterocycles. The second-order valence-corrected chi connectivity index (χ2v) is 8.21. The second kappa shape index (κ2) is 7.96. The zero-order valence-electron chi connectivity index (χ0n) is 15.3. The van der Waals surface area contributed by atoms with E-state index in [0.717, 1.165) is 9.15 Å². The molecule has 10 heteroatoms. The molecule has 0 spiro atoms. The van der Waals surface area contributed by atoms with Crippen molar-refractivity contribution < 1.29 is 18.0 Å². The molecule has 0 bridgehead atoms. The molecular weight excluding hydrogens is 485 g/mol. The van der Waals surface area contributed by atoms with E-state index in [9.17, 15) is 18.0 Å². The van der Waals surface area contributed by atoms with Crippen molar-refractivity contribution in [1.82, 2.24) is 9.78 Å². The Morgan fingerprint density at radius 1 is 1.17 bits per heavy atom. The fourth-order valence-corrected chi connectivity index (χ4v) is 3.72. The van der Waals surface area contributed by atoms with E-state index in [2.05, 4.69) is 31.7 Å². The SMILES string of the molecule is O=C(Nc1ccc(Cl)cc1)c1cc2n(n1)[C@@H](C(F)(F)F)C[C@@H](c1ccc(Br)cc1)N2. The quantitative estimate of drug-likeness (QED) is 0.450. The Balaban J connectivity index is 1.63. The van der Waals surface area contributed by atoms with Gasteiger partial charge >= 0.3 is 6.18 Å². The van der Waals surface area contributed by atoms with E-state index in [1.807, 2.05) is 0 Å². The molecule has 0 unspecified atom stereocenters. The molecule has 0 saturated carbocycles. The molecule has 1 aliphatic rings. The number of amides is 1. The number of nitrogens with one attached hydrogen (secondary N) is 2. The number of rotatable bonds is 3. The van der Waals surface area contributed by atoms with Gasteiger partial charge in [-0.15, -0.1) is 0 Å². The van der Waals surface area contributed by atoms with Gasteiger partial charge in [-0.3, -0.25) is 4.79 Å². The van der Waals surface area contributed by atoms with Crippen LogP contribution in [0.4, 0.5) is 24.7 Å². The molecule has 2 aromatic carbocycles. The normalized spacial score (nSPS) is 18.4. The first-order valence-electron chi connectivity index (χ1n) is 8.96. The molecule has 1 aromatic heterocycles. The summed E-state index contributed by atoms with van der Waals surface area (Å²) in [6, 6.07) is 12.4. The van der Waals surface area contributed by atoms with Crippen LogP contribution in [0.5, 0.6) is 0 Å². The molecule has 4 rings (SSSR count). The summed E-state index contributed by atoms with van der Waals surface area (Å²) in [5.41, 5.74) is 1.06. The first-order valence-corrected chi connectivity index (χ1v) is 10.1. The number of hydrogen-bond donors (Lipinski definition) is 2. The number of fused-ring (bicyclic) bond motifs is 1. The largest absolute Gasteiger partial charge is 0.410 e.